The van der Waals surface area contributed by atoms with Crippen molar-refractivity contribution in [2.75, 3.05) is 5.73 Å². The first-order valence-corrected chi connectivity index (χ1v) is 10.2. The van der Waals surface area contributed by atoms with Gasteiger partial charge in [-0.1, -0.05) is 25.9 Å². The van der Waals surface area contributed by atoms with Crippen LogP contribution in [-0.4, -0.2) is 41.0 Å². The summed E-state index contributed by atoms with van der Waals surface area (Å²) in [6.45, 7) is 7.88. The molecule has 31 heavy (non-hydrogen) atoms. The quantitative estimate of drug-likeness (QED) is 0.394. The molecule has 0 radical (unpaired) electrons. The van der Waals surface area contributed by atoms with Gasteiger partial charge in [0.25, 0.3) is 5.91 Å². The van der Waals surface area contributed by atoms with Crippen molar-refractivity contribution in [3.63, 3.8) is 0 Å². The molecular formula is C19H20BrN9O2. The zero-order valence-electron chi connectivity index (χ0n) is 17.3. The van der Waals surface area contributed by atoms with Gasteiger partial charge in [-0.25, -0.2) is 24.9 Å². The van der Waals surface area contributed by atoms with E-state index in [0.717, 1.165) is 0 Å². The van der Waals surface area contributed by atoms with Gasteiger partial charge in [-0.3, -0.25) is 4.79 Å². The Morgan fingerprint density at radius 3 is 2.77 bits per heavy atom. The van der Waals surface area contributed by atoms with Crippen molar-refractivity contribution in [1.82, 2.24) is 40.4 Å². The predicted octanol–water partition coefficient (Wildman–Crippen LogP) is 2.93. The molecular weight excluding hydrogens is 466 g/mol. The molecule has 1 atom stereocenters. The molecule has 12 heteroatoms. The van der Waals surface area contributed by atoms with Crippen LogP contribution in [-0.2, 0) is 5.41 Å². The minimum atomic E-state index is -0.478. The Bertz CT molecular complexity index is 1280. The number of hydrogen-bond donors (Lipinski definition) is 3. The van der Waals surface area contributed by atoms with E-state index < -0.39 is 11.9 Å². The van der Waals surface area contributed by atoms with E-state index in [-0.39, 0.29) is 16.9 Å². The molecule has 0 spiro atoms. The highest BCUT2D eigenvalue weighted by Crippen LogP contribution is 2.25. The van der Waals surface area contributed by atoms with Crippen LogP contribution < -0.4 is 11.1 Å². The molecule has 1 amide bonds. The van der Waals surface area contributed by atoms with E-state index in [0.29, 0.717) is 38.7 Å². The monoisotopic (exact) mass is 485 g/mol. The molecule has 0 saturated heterocycles. The van der Waals surface area contributed by atoms with Crippen LogP contribution in [0.4, 0.5) is 5.82 Å². The molecule has 0 bridgehead atoms. The Morgan fingerprint density at radius 2 is 2.03 bits per heavy atom. The van der Waals surface area contributed by atoms with E-state index in [1.54, 1.807) is 19.2 Å². The van der Waals surface area contributed by atoms with E-state index in [4.69, 9.17) is 10.3 Å². The number of carbonyl (C=O) groups excluding carboxylic acids is 1. The van der Waals surface area contributed by atoms with E-state index in [2.05, 4.69) is 56.3 Å². The second kappa shape index (κ2) is 7.69. The lowest BCUT2D eigenvalue weighted by molar-refractivity contribution is 0.0927. The molecule has 0 aromatic carbocycles. The maximum absolute atomic E-state index is 12.5. The van der Waals surface area contributed by atoms with Crippen molar-refractivity contribution in [1.29, 1.82) is 0 Å². The third-order valence-corrected chi connectivity index (χ3v) is 5.27. The zero-order valence-corrected chi connectivity index (χ0v) is 18.9. The largest absolute Gasteiger partial charge is 0.383 e. The molecule has 0 aliphatic rings. The van der Waals surface area contributed by atoms with Crippen LogP contribution in [0.25, 0.3) is 22.7 Å². The molecule has 1 unspecified atom stereocenters. The number of carbonyl (C=O) groups is 1. The molecule has 4 rings (SSSR count). The van der Waals surface area contributed by atoms with Crippen molar-refractivity contribution < 1.29 is 9.32 Å². The SMILES string of the molecule is CC(NC(=O)c1ncnc(N)c1Br)c1cc(-c2nc3nc(C(C)(C)C)ncc3[nH]2)no1. The van der Waals surface area contributed by atoms with Gasteiger partial charge in [-0.15, -0.1) is 0 Å². The van der Waals surface area contributed by atoms with Crippen molar-refractivity contribution in [3.05, 3.63) is 40.3 Å². The first kappa shape index (κ1) is 20.8. The summed E-state index contributed by atoms with van der Waals surface area (Å²) in [5.74, 6) is 1.39. The lowest BCUT2D eigenvalue weighted by atomic mass is 9.96. The van der Waals surface area contributed by atoms with Crippen LogP contribution in [0, 0.1) is 0 Å². The fourth-order valence-electron chi connectivity index (χ4n) is 2.77. The number of halogens is 1. The maximum atomic E-state index is 12.5. The van der Waals surface area contributed by atoms with Crippen LogP contribution in [0.1, 0.15) is 55.8 Å². The van der Waals surface area contributed by atoms with Gasteiger partial charge in [-0.2, -0.15) is 0 Å². The van der Waals surface area contributed by atoms with Gasteiger partial charge in [0.2, 0.25) is 0 Å². The summed E-state index contributed by atoms with van der Waals surface area (Å²) >= 11 is 3.23. The van der Waals surface area contributed by atoms with Gasteiger partial charge in [0.15, 0.2) is 17.2 Å². The number of aromatic nitrogens is 7. The highest BCUT2D eigenvalue weighted by atomic mass is 79.9. The maximum Gasteiger partial charge on any atom is 0.271 e. The standard InChI is InChI=1S/C19H20BrN9O2/c1-8(25-17(30)13-12(20)14(21)24-7-23-13)11-5-9(29-31-11)15-26-10-6-22-18(19(2,3)4)28-16(10)27-15/h5-8H,1-4H3,(H,25,30)(H2,21,23,24)(H,22,26,27,28). The molecule has 0 fully saturated rings. The summed E-state index contributed by atoms with van der Waals surface area (Å²) in [6.07, 6.45) is 2.93. The average molecular weight is 486 g/mol. The second-order valence-corrected chi connectivity index (χ2v) is 8.79. The van der Waals surface area contributed by atoms with E-state index in [9.17, 15) is 4.79 Å². The summed E-state index contributed by atoms with van der Waals surface area (Å²) in [6, 6.07) is 1.22. The smallest absolute Gasteiger partial charge is 0.271 e. The van der Waals surface area contributed by atoms with Gasteiger partial charge in [0, 0.05) is 11.5 Å². The van der Waals surface area contributed by atoms with Crippen molar-refractivity contribution in [2.45, 2.75) is 39.2 Å². The number of anilines is 1. The van der Waals surface area contributed by atoms with Crippen LogP contribution in [0.5, 0.6) is 0 Å². The van der Waals surface area contributed by atoms with E-state index in [1.165, 1.54) is 6.33 Å². The highest BCUT2D eigenvalue weighted by Gasteiger charge is 2.22. The number of fused-ring (bicyclic) bond motifs is 1. The van der Waals surface area contributed by atoms with Gasteiger partial charge in [0.05, 0.1) is 16.7 Å². The first-order chi connectivity index (χ1) is 14.6. The molecule has 4 aromatic rings. The number of aromatic amines is 1. The number of amides is 1. The summed E-state index contributed by atoms with van der Waals surface area (Å²) in [5, 5.41) is 6.86. The molecule has 0 aliphatic heterocycles. The van der Waals surface area contributed by atoms with E-state index >= 15 is 0 Å². The van der Waals surface area contributed by atoms with Gasteiger partial charge < -0.3 is 20.6 Å². The van der Waals surface area contributed by atoms with Crippen LogP contribution in [0.3, 0.4) is 0 Å². The van der Waals surface area contributed by atoms with Crippen molar-refractivity contribution in [2.24, 2.45) is 0 Å². The Balaban J connectivity index is 1.55. The minimum absolute atomic E-state index is 0.129. The minimum Gasteiger partial charge on any atom is -0.383 e. The predicted molar refractivity (Wildman–Crippen MR) is 116 cm³/mol. The molecule has 0 saturated carbocycles. The number of H-pyrrole nitrogens is 1. The number of imidazole rings is 1. The summed E-state index contributed by atoms with van der Waals surface area (Å²) in [5.41, 5.74) is 7.37. The van der Waals surface area contributed by atoms with Gasteiger partial charge in [-0.05, 0) is 22.9 Å². The fourth-order valence-corrected chi connectivity index (χ4v) is 3.16. The lowest BCUT2D eigenvalue weighted by Crippen LogP contribution is -2.27. The highest BCUT2D eigenvalue weighted by molar-refractivity contribution is 9.10. The summed E-state index contributed by atoms with van der Waals surface area (Å²) in [7, 11) is 0. The fraction of sp³-hybridized carbons (Fsp3) is 0.316. The zero-order chi connectivity index (χ0) is 22.3. The number of hydrogen-bond acceptors (Lipinski definition) is 9. The Hall–Kier alpha value is -3.41. The number of nitrogens with zero attached hydrogens (tertiary/aromatic N) is 6. The molecule has 11 nitrogen and oxygen atoms in total. The molecule has 4 heterocycles. The van der Waals surface area contributed by atoms with Crippen LogP contribution in [0.15, 0.2) is 27.6 Å². The van der Waals surface area contributed by atoms with Gasteiger partial charge in [0.1, 0.15) is 34.9 Å². The Morgan fingerprint density at radius 1 is 1.26 bits per heavy atom. The average Bonchev–Trinajstić information content (AvgIpc) is 3.35. The van der Waals surface area contributed by atoms with E-state index in [1.807, 2.05) is 20.8 Å². The van der Waals surface area contributed by atoms with Gasteiger partial charge >= 0.3 is 0 Å². The Labute approximate surface area is 185 Å². The van der Waals surface area contributed by atoms with Crippen molar-refractivity contribution in [3.8, 4) is 11.5 Å². The number of rotatable bonds is 4. The number of nitrogens with one attached hydrogen (secondary N) is 2. The summed E-state index contributed by atoms with van der Waals surface area (Å²) in [4.78, 5) is 36.9. The molecule has 4 N–H and O–H groups in total. The first-order valence-electron chi connectivity index (χ1n) is 9.40. The third kappa shape index (κ3) is 4.10. The number of nitrogens with two attached hydrogens (primary N) is 1. The number of nitrogen functional groups attached to an aromatic ring is 1. The molecule has 0 aliphatic carbocycles. The van der Waals surface area contributed by atoms with Crippen LogP contribution in [0.2, 0.25) is 0 Å². The molecule has 4 aromatic heterocycles. The Kier molecular flexibility index (Phi) is 5.17. The third-order valence-electron chi connectivity index (χ3n) is 4.49. The lowest BCUT2D eigenvalue weighted by Gasteiger charge is -2.15. The summed E-state index contributed by atoms with van der Waals surface area (Å²) < 4.78 is 5.75. The molecule has 160 valence electrons. The van der Waals surface area contributed by atoms with Crippen LogP contribution >= 0.6 is 15.9 Å². The normalized spacial score (nSPS) is 12.8. The topological polar surface area (TPSA) is 161 Å². The van der Waals surface area contributed by atoms with Crippen molar-refractivity contribution >= 4 is 38.8 Å². The second-order valence-electron chi connectivity index (χ2n) is 8.00.